The lowest BCUT2D eigenvalue weighted by Gasteiger charge is -2.30. The maximum absolute atomic E-state index is 5.68. The molecule has 0 radical (unpaired) electrons. The fourth-order valence-corrected chi connectivity index (χ4v) is 2.62. The van der Waals surface area contributed by atoms with Crippen LogP contribution >= 0.6 is 0 Å². The molecule has 0 aromatic heterocycles. The van der Waals surface area contributed by atoms with Crippen LogP contribution in [-0.2, 0) is 6.54 Å². The molecule has 1 aromatic rings. The minimum Gasteiger partial charge on any atom is -0.330 e. The molecule has 0 amide bonds. The lowest BCUT2D eigenvalue weighted by Crippen LogP contribution is -2.34. The van der Waals surface area contributed by atoms with Gasteiger partial charge in [0.25, 0.3) is 0 Å². The van der Waals surface area contributed by atoms with Crippen molar-refractivity contribution in [2.24, 2.45) is 17.4 Å². The topological polar surface area (TPSA) is 64.1 Å². The lowest BCUT2D eigenvalue weighted by molar-refractivity contribution is 0.303. The van der Waals surface area contributed by atoms with E-state index >= 15 is 0 Å². The van der Waals surface area contributed by atoms with E-state index in [1.54, 1.807) is 0 Å². The van der Waals surface area contributed by atoms with Crippen molar-refractivity contribution in [2.45, 2.75) is 31.8 Å². The highest BCUT2D eigenvalue weighted by molar-refractivity contribution is 5.26. The quantitative estimate of drug-likeness (QED) is 0.739. The van der Waals surface area contributed by atoms with Gasteiger partial charge in [-0.25, -0.2) is 0 Å². The Morgan fingerprint density at radius 1 is 1.24 bits per heavy atom. The van der Waals surface area contributed by atoms with Crippen molar-refractivity contribution in [1.82, 2.24) is 5.32 Å². The van der Waals surface area contributed by atoms with Crippen LogP contribution in [-0.4, -0.2) is 13.1 Å². The molecule has 0 bridgehead atoms. The minimum absolute atomic E-state index is 0.496. The molecule has 94 valence electrons. The zero-order valence-corrected chi connectivity index (χ0v) is 10.4. The van der Waals surface area contributed by atoms with Crippen molar-refractivity contribution >= 4 is 0 Å². The Labute approximate surface area is 104 Å². The van der Waals surface area contributed by atoms with Crippen LogP contribution in [0.2, 0.25) is 0 Å². The van der Waals surface area contributed by atoms with Crippen molar-refractivity contribution in [3.63, 3.8) is 0 Å². The second-order valence-electron chi connectivity index (χ2n) is 4.93. The van der Waals surface area contributed by atoms with Gasteiger partial charge in [-0.3, -0.25) is 0 Å². The van der Waals surface area contributed by atoms with Gasteiger partial charge in [0.05, 0.1) is 0 Å². The Bertz CT molecular complexity index is 343. The second-order valence-corrected chi connectivity index (χ2v) is 4.93. The van der Waals surface area contributed by atoms with Gasteiger partial charge in [0.2, 0.25) is 0 Å². The van der Waals surface area contributed by atoms with Gasteiger partial charge >= 0.3 is 0 Å². The van der Waals surface area contributed by atoms with Gasteiger partial charge in [0, 0.05) is 12.6 Å². The van der Waals surface area contributed by atoms with Crippen LogP contribution in [0.3, 0.4) is 0 Å². The molecule has 2 rings (SSSR count). The monoisotopic (exact) mass is 233 g/mol. The van der Waals surface area contributed by atoms with Crippen LogP contribution in [0.25, 0.3) is 0 Å². The van der Waals surface area contributed by atoms with E-state index in [0.29, 0.717) is 12.6 Å². The third-order valence-corrected chi connectivity index (χ3v) is 3.68. The molecule has 5 N–H and O–H groups in total. The lowest BCUT2D eigenvalue weighted by atomic mass is 9.89. The molecular formula is C14H23N3. The number of nitrogens with one attached hydrogen (secondary N) is 1. The Hall–Kier alpha value is -0.900. The molecule has 3 heteroatoms. The summed E-state index contributed by atoms with van der Waals surface area (Å²) in [6.45, 7) is 2.52. The van der Waals surface area contributed by atoms with E-state index in [9.17, 15) is 0 Å². The second kappa shape index (κ2) is 6.15. The summed E-state index contributed by atoms with van der Waals surface area (Å²) in [6.07, 6.45) is 3.63. The van der Waals surface area contributed by atoms with Crippen LogP contribution in [0.4, 0.5) is 0 Å². The molecule has 1 fully saturated rings. The molecule has 1 heterocycles. The zero-order valence-electron chi connectivity index (χ0n) is 10.4. The molecule has 17 heavy (non-hydrogen) atoms. The summed E-state index contributed by atoms with van der Waals surface area (Å²) in [5.74, 6) is 0.758. The van der Waals surface area contributed by atoms with Crippen LogP contribution in [0.5, 0.6) is 0 Å². The fourth-order valence-electron chi connectivity index (χ4n) is 2.62. The predicted octanol–water partition coefficient (Wildman–Crippen LogP) is 1.53. The van der Waals surface area contributed by atoms with Gasteiger partial charge in [0.15, 0.2) is 0 Å². The van der Waals surface area contributed by atoms with Crippen molar-refractivity contribution in [3.8, 4) is 0 Å². The standard InChI is InChI=1S/C14H23N3/c15-7-6-11-4-5-14(17-10-11)13-3-1-2-12(8-13)9-16/h1-3,8,11,14,17H,4-7,9-10,15-16H2. The van der Waals surface area contributed by atoms with Gasteiger partial charge in [-0.2, -0.15) is 0 Å². The minimum atomic E-state index is 0.496. The molecule has 0 saturated carbocycles. The summed E-state index contributed by atoms with van der Waals surface area (Å²) in [6, 6.07) is 9.10. The highest BCUT2D eigenvalue weighted by atomic mass is 14.9. The number of hydrogen-bond acceptors (Lipinski definition) is 3. The number of piperidine rings is 1. The summed E-state index contributed by atoms with van der Waals surface area (Å²) in [7, 11) is 0. The van der Waals surface area contributed by atoms with Gasteiger partial charge in [-0.05, 0) is 49.4 Å². The van der Waals surface area contributed by atoms with E-state index in [-0.39, 0.29) is 0 Å². The smallest absolute Gasteiger partial charge is 0.0320 e. The Kier molecular flexibility index (Phi) is 4.54. The van der Waals surface area contributed by atoms with Gasteiger partial charge < -0.3 is 16.8 Å². The Balaban J connectivity index is 1.95. The van der Waals surface area contributed by atoms with E-state index in [4.69, 9.17) is 11.5 Å². The molecule has 1 aliphatic rings. The number of hydrogen-bond donors (Lipinski definition) is 3. The highest BCUT2D eigenvalue weighted by Crippen LogP contribution is 2.27. The van der Waals surface area contributed by atoms with E-state index in [0.717, 1.165) is 25.4 Å². The number of rotatable bonds is 4. The molecule has 2 atom stereocenters. The van der Waals surface area contributed by atoms with E-state index in [1.807, 2.05) is 0 Å². The molecular weight excluding hydrogens is 210 g/mol. The maximum atomic E-state index is 5.68. The van der Waals surface area contributed by atoms with Gasteiger partial charge in [0.1, 0.15) is 0 Å². The van der Waals surface area contributed by atoms with Crippen molar-refractivity contribution in [1.29, 1.82) is 0 Å². The van der Waals surface area contributed by atoms with Gasteiger partial charge in [-0.1, -0.05) is 24.3 Å². The normalized spacial score (nSPS) is 24.8. The average Bonchev–Trinajstić information content (AvgIpc) is 2.40. The summed E-state index contributed by atoms with van der Waals surface area (Å²) in [4.78, 5) is 0. The average molecular weight is 233 g/mol. The summed E-state index contributed by atoms with van der Waals surface area (Å²) < 4.78 is 0. The third-order valence-electron chi connectivity index (χ3n) is 3.68. The first kappa shape index (κ1) is 12.6. The molecule has 0 spiro atoms. The van der Waals surface area contributed by atoms with Crippen molar-refractivity contribution in [3.05, 3.63) is 35.4 Å². The Morgan fingerprint density at radius 2 is 2.12 bits per heavy atom. The SMILES string of the molecule is NCCC1CCC(c2cccc(CN)c2)NC1. The van der Waals surface area contributed by atoms with E-state index < -0.39 is 0 Å². The summed E-state index contributed by atoms with van der Waals surface area (Å²) >= 11 is 0. The van der Waals surface area contributed by atoms with Crippen molar-refractivity contribution < 1.29 is 0 Å². The first-order valence-electron chi connectivity index (χ1n) is 6.56. The summed E-state index contributed by atoms with van der Waals surface area (Å²) in [5.41, 5.74) is 13.9. The van der Waals surface area contributed by atoms with Crippen LogP contribution in [0.1, 0.15) is 36.4 Å². The van der Waals surface area contributed by atoms with E-state index in [2.05, 4.69) is 29.6 Å². The maximum Gasteiger partial charge on any atom is 0.0320 e. The zero-order chi connectivity index (χ0) is 12.1. The molecule has 3 nitrogen and oxygen atoms in total. The van der Waals surface area contributed by atoms with Crippen LogP contribution in [0.15, 0.2) is 24.3 Å². The van der Waals surface area contributed by atoms with Gasteiger partial charge in [-0.15, -0.1) is 0 Å². The molecule has 0 aliphatic carbocycles. The first-order chi connectivity index (χ1) is 8.33. The largest absolute Gasteiger partial charge is 0.330 e. The molecule has 1 aliphatic heterocycles. The predicted molar refractivity (Wildman–Crippen MR) is 71.5 cm³/mol. The van der Waals surface area contributed by atoms with E-state index in [1.165, 1.54) is 24.0 Å². The molecule has 2 unspecified atom stereocenters. The Morgan fingerprint density at radius 3 is 2.76 bits per heavy atom. The van der Waals surface area contributed by atoms with Crippen molar-refractivity contribution in [2.75, 3.05) is 13.1 Å². The first-order valence-corrected chi connectivity index (χ1v) is 6.56. The highest BCUT2D eigenvalue weighted by Gasteiger charge is 2.20. The molecule has 1 saturated heterocycles. The summed E-state index contributed by atoms with van der Waals surface area (Å²) in [5, 5.41) is 3.63. The van der Waals surface area contributed by atoms with Crippen LogP contribution in [0, 0.1) is 5.92 Å². The fraction of sp³-hybridized carbons (Fsp3) is 0.571. The molecule has 1 aromatic carbocycles. The van der Waals surface area contributed by atoms with Crippen LogP contribution < -0.4 is 16.8 Å². The number of benzene rings is 1. The third kappa shape index (κ3) is 3.28. The number of nitrogens with two attached hydrogens (primary N) is 2.